The van der Waals surface area contributed by atoms with E-state index in [1.807, 2.05) is 0 Å². The molecule has 1 fully saturated rings. The lowest BCUT2D eigenvalue weighted by Crippen LogP contribution is -2.32. The highest BCUT2D eigenvalue weighted by Gasteiger charge is 2.37. The number of hydrogen-bond donors (Lipinski definition) is 1. The van der Waals surface area contributed by atoms with Gasteiger partial charge in [-0.25, -0.2) is 9.50 Å². The van der Waals surface area contributed by atoms with Gasteiger partial charge in [-0.2, -0.15) is 18.2 Å². The average molecular weight is 356 g/mol. The molecule has 3 rings (SSSR count). The number of fused-ring (bicyclic) bond motifs is 1. The van der Waals surface area contributed by atoms with E-state index in [0.717, 1.165) is 10.9 Å². The second-order valence-corrected chi connectivity index (χ2v) is 6.29. The molecule has 0 aliphatic carbocycles. The summed E-state index contributed by atoms with van der Waals surface area (Å²) in [6.07, 6.45) is -3.20. The minimum absolute atomic E-state index is 0.0126. The number of alkyl halides is 3. The molecule has 0 radical (unpaired) electrons. The number of nitrogens with two attached hydrogens (primary N) is 1. The number of aromatic nitrogens is 4. The van der Waals surface area contributed by atoms with E-state index < -0.39 is 12.0 Å². The van der Waals surface area contributed by atoms with E-state index in [2.05, 4.69) is 15.1 Å². The quantitative estimate of drug-likeness (QED) is 0.894. The Balaban J connectivity index is 1.82. The number of rotatable bonds is 3. The summed E-state index contributed by atoms with van der Waals surface area (Å²) in [5.74, 6) is -1.33. The van der Waals surface area contributed by atoms with Crippen LogP contribution < -0.4 is 5.73 Å². The lowest BCUT2D eigenvalue weighted by molar-refractivity contribution is -0.144. The van der Waals surface area contributed by atoms with Crippen molar-refractivity contribution in [3.8, 4) is 0 Å². The Morgan fingerprint density at radius 3 is 2.64 bits per heavy atom. The van der Waals surface area contributed by atoms with E-state index in [0.29, 0.717) is 36.5 Å². The van der Waals surface area contributed by atoms with Gasteiger partial charge in [-0.1, -0.05) is 0 Å². The molecule has 0 aromatic carbocycles. The summed E-state index contributed by atoms with van der Waals surface area (Å²) < 4.78 is 39.5. The maximum atomic E-state index is 12.8. The number of nitrogens with zero attached hydrogens (tertiary/aromatic N) is 5. The van der Waals surface area contributed by atoms with Crippen LogP contribution in [0.25, 0.3) is 5.78 Å². The summed E-state index contributed by atoms with van der Waals surface area (Å²) in [4.78, 5) is 21.5. The average Bonchev–Trinajstić information content (AvgIpc) is 3.12. The van der Waals surface area contributed by atoms with Crippen LogP contribution in [-0.2, 0) is 17.4 Å². The monoisotopic (exact) mass is 356 g/mol. The van der Waals surface area contributed by atoms with Gasteiger partial charge in [-0.15, -0.1) is 5.10 Å². The van der Waals surface area contributed by atoms with E-state index in [-0.39, 0.29) is 24.1 Å². The van der Waals surface area contributed by atoms with E-state index in [1.54, 1.807) is 18.7 Å². The second-order valence-electron chi connectivity index (χ2n) is 6.29. The summed E-state index contributed by atoms with van der Waals surface area (Å²) in [5.41, 5.74) is 7.58. The van der Waals surface area contributed by atoms with Gasteiger partial charge >= 0.3 is 6.18 Å². The highest BCUT2D eigenvalue weighted by atomic mass is 19.4. The molecule has 136 valence electrons. The summed E-state index contributed by atoms with van der Waals surface area (Å²) in [6, 6.07) is 0.0152. The molecule has 7 nitrogen and oxygen atoms in total. The third kappa shape index (κ3) is 3.44. The third-order valence-corrected chi connectivity index (χ3v) is 4.47. The summed E-state index contributed by atoms with van der Waals surface area (Å²) in [5, 5.41) is 3.51. The van der Waals surface area contributed by atoms with Crippen LogP contribution in [0.3, 0.4) is 0 Å². The van der Waals surface area contributed by atoms with Crippen LogP contribution in [-0.4, -0.2) is 49.5 Å². The fourth-order valence-corrected chi connectivity index (χ4v) is 3.09. The van der Waals surface area contributed by atoms with Gasteiger partial charge in [0.25, 0.3) is 11.6 Å². The Labute approximate surface area is 142 Å². The maximum Gasteiger partial charge on any atom is 0.453 e. The molecule has 2 N–H and O–H groups in total. The molecule has 0 spiro atoms. The van der Waals surface area contributed by atoms with Crippen LogP contribution in [0.5, 0.6) is 0 Å². The van der Waals surface area contributed by atoms with E-state index >= 15 is 0 Å². The summed E-state index contributed by atoms with van der Waals surface area (Å²) >= 11 is 0. The molecular weight excluding hydrogens is 337 g/mol. The minimum atomic E-state index is -4.63. The van der Waals surface area contributed by atoms with Crippen molar-refractivity contribution >= 4 is 11.7 Å². The first-order chi connectivity index (χ1) is 11.7. The first-order valence-electron chi connectivity index (χ1n) is 8.00. The fourth-order valence-electron chi connectivity index (χ4n) is 3.09. The molecule has 1 aliphatic heterocycles. The lowest BCUT2D eigenvalue weighted by Gasteiger charge is -2.16. The third-order valence-electron chi connectivity index (χ3n) is 4.47. The van der Waals surface area contributed by atoms with Gasteiger partial charge in [0.2, 0.25) is 5.91 Å². The van der Waals surface area contributed by atoms with Crippen molar-refractivity contribution < 1.29 is 18.0 Å². The van der Waals surface area contributed by atoms with Gasteiger partial charge in [0, 0.05) is 36.9 Å². The van der Waals surface area contributed by atoms with Crippen LogP contribution in [0, 0.1) is 13.8 Å². The molecule has 10 heteroatoms. The number of carbonyl (C=O) groups is 1. The number of halogens is 3. The molecule has 25 heavy (non-hydrogen) atoms. The molecule has 1 amide bonds. The number of carbonyl (C=O) groups excluding carboxylic acids is 1. The van der Waals surface area contributed by atoms with Gasteiger partial charge in [-0.3, -0.25) is 4.79 Å². The van der Waals surface area contributed by atoms with Crippen LogP contribution in [0.2, 0.25) is 0 Å². The lowest BCUT2D eigenvalue weighted by atomic mass is 10.1. The van der Waals surface area contributed by atoms with Crippen molar-refractivity contribution in [2.45, 2.75) is 45.3 Å². The van der Waals surface area contributed by atoms with Crippen LogP contribution >= 0.6 is 0 Å². The van der Waals surface area contributed by atoms with E-state index in [4.69, 9.17) is 5.73 Å². The summed E-state index contributed by atoms with van der Waals surface area (Å²) in [6.45, 7) is 4.54. The standard InChI is InChI=1S/C15H19F3N6O/c1-8-11(3-4-12(25)23-6-5-10(19)7-23)9(2)24-14(20-8)21-13(22-24)15(16,17)18/h10H,3-7,19H2,1-2H3/t10-/m1/s1. The Morgan fingerprint density at radius 1 is 1.32 bits per heavy atom. The number of likely N-dealkylation sites (tertiary alicyclic amines) is 1. The molecule has 0 bridgehead atoms. The zero-order chi connectivity index (χ0) is 18.4. The zero-order valence-electron chi connectivity index (χ0n) is 14.0. The Morgan fingerprint density at radius 2 is 2.04 bits per heavy atom. The predicted octanol–water partition coefficient (Wildman–Crippen LogP) is 1.25. The minimum Gasteiger partial charge on any atom is -0.341 e. The van der Waals surface area contributed by atoms with Crippen molar-refractivity contribution in [3.05, 3.63) is 22.8 Å². The topological polar surface area (TPSA) is 89.4 Å². The highest BCUT2D eigenvalue weighted by Crippen LogP contribution is 2.27. The van der Waals surface area contributed by atoms with Crippen molar-refractivity contribution in [1.29, 1.82) is 0 Å². The zero-order valence-corrected chi connectivity index (χ0v) is 14.0. The van der Waals surface area contributed by atoms with Crippen molar-refractivity contribution in [2.75, 3.05) is 13.1 Å². The first kappa shape index (κ1) is 17.6. The highest BCUT2D eigenvalue weighted by molar-refractivity contribution is 5.76. The first-order valence-corrected chi connectivity index (χ1v) is 8.00. The molecule has 3 heterocycles. The normalized spacial score (nSPS) is 18.3. The van der Waals surface area contributed by atoms with Crippen molar-refractivity contribution in [3.63, 3.8) is 0 Å². The molecule has 1 aliphatic rings. The fraction of sp³-hybridized carbons (Fsp3) is 0.600. The molecule has 0 unspecified atom stereocenters. The predicted molar refractivity (Wildman–Crippen MR) is 82.8 cm³/mol. The maximum absolute atomic E-state index is 12.8. The van der Waals surface area contributed by atoms with E-state index in [1.165, 1.54) is 0 Å². The molecule has 2 aromatic heterocycles. The van der Waals surface area contributed by atoms with Gasteiger partial charge in [-0.05, 0) is 32.3 Å². The SMILES string of the molecule is Cc1nc2nc(C(F)(F)F)nn2c(C)c1CCC(=O)N1CC[C@@H](N)C1. The smallest absolute Gasteiger partial charge is 0.341 e. The van der Waals surface area contributed by atoms with Gasteiger partial charge < -0.3 is 10.6 Å². The molecule has 1 atom stereocenters. The Bertz CT molecular complexity index is 816. The largest absolute Gasteiger partial charge is 0.453 e. The molecule has 1 saturated heterocycles. The Kier molecular flexibility index (Phi) is 4.40. The van der Waals surface area contributed by atoms with Crippen LogP contribution in [0.4, 0.5) is 13.2 Å². The second kappa shape index (κ2) is 6.25. The van der Waals surface area contributed by atoms with Gasteiger partial charge in [0.1, 0.15) is 0 Å². The van der Waals surface area contributed by atoms with Crippen molar-refractivity contribution in [2.24, 2.45) is 5.73 Å². The van der Waals surface area contributed by atoms with E-state index in [9.17, 15) is 18.0 Å². The number of amides is 1. The van der Waals surface area contributed by atoms with Gasteiger partial charge in [0.15, 0.2) is 0 Å². The molecule has 2 aromatic rings. The number of aryl methyl sites for hydroxylation is 2. The number of hydrogen-bond acceptors (Lipinski definition) is 5. The Hall–Kier alpha value is -2.23. The molecular formula is C15H19F3N6O. The van der Waals surface area contributed by atoms with Gasteiger partial charge in [0.05, 0.1) is 0 Å². The van der Waals surface area contributed by atoms with Crippen molar-refractivity contribution in [1.82, 2.24) is 24.5 Å². The van der Waals surface area contributed by atoms with Crippen LogP contribution in [0.1, 0.15) is 35.6 Å². The summed E-state index contributed by atoms with van der Waals surface area (Å²) in [7, 11) is 0. The van der Waals surface area contributed by atoms with Crippen LogP contribution in [0.15, 0.2) is 0 Å². The molecule has 0 saturated carbocycles.